The lowest BCUT2D eigenvalue weighted by molar-refractivity contribution is 0.0767. The van der Waals surface area contributed by atoms with Crippen LogP contribution in [0.5, 0.6) is 0 Å². The van der Waals surface area contributed by atoms with E-state index in [-0.39, 0.29) is 16.8 Å². The molecule has 1 heterocycles. The minimum absolute atomic E-state index is 0.132. The van der Waals surface area contributed by atoms with Gasteiger partial charge in [-0.05, 0) is 6.92 Å². The van der Waals surface area contributed by atoms with Gasteiger partial charge in [0.1, 0.15) is 16.9 Å². The van der Waals surface area contributed by atoms with Crippen molar-refractivity contribution in [2.24, 2.45) is 0 Å². The van der Waals surface area contributed by atoms with Crippen molar-refractivity contribution in [1.29, 1.82) is 5.26 Å². The van der Waals surface area contributed by atoms with E-state index in [1.807, 2.05) is 6.07 Å². The number of halogens is 1. The fraction of sp³-hybridized carbons (Fsp3) is 0.333. The van der Waals surface area contributed by atoms with E-state index in [1.165, 1.54) is 24.3 Å². The summed E-state index contributed by atoms with van der Waals surface area (Å²) in [7, 11) is 1.53. The molecule has 0 bridgehead atoms. The molecule has 0 aromatic carbocycles. The molecule has 0 saturated carbocycles. The molecule has 0 aliphatic carbocycles. The maximum Gasteiger partial charge on any atom is 0.274 e. The zero-order valence-electron chi connectivity index (χ0n) is 8.31. The highest BCUT2D eigenvalue weighted by Crippen LogP contribution is 2.06. The predicted octanol–water partition coefficient (Wildman–Crippen LogP) is 1.11. The molecule has 0 spiro atoms. The number of carbonyl (C=O) groups is 1. The average Bonchev–Trinajstić information content (AvgIpc) is 2.26. The van der Waals surface area contributed by atoms with Crippen molar-refractivity contribution in [3.05, 3.63) is 23.2 Å². The van der Waals surface area contributed by atoms with Crippen molar-refractivity contribution in [1.82, 2.24) is 14.9 Å². The molecular formula is C9H9ClN4O. The molecule has 6 heteroatoms. The maximum absolute atomic E-state index is 11.7. The largest absolute Gasteiger partial charge is 0.325 e. The maximum atomic E-state index is 11.7. The fourth-order valence-electron chi connectivity index (χ4n) is 0.888. The van der Waals surface area contributed by atoms with Gasteiger partial charge in [0.05, 0.1) is 18.5 Å². The molecule has 1 amide bonds. The Morgan fingerprint density at radius 2 is 2.33 bits per heavy atom. The van der Waals surface area contributed by atoms with Crippen LogP contribution < -0.4 is 0 Å². The summed E-state index contributed by atoms with van der Waals surface area (Å²) in [6, 6.07) is 1.44. The molecule has 1 atom stereocenters. The van der Waals surface area contributed by atoms with Crippen LogP contribution in [0.15, 0.2) is 12.4 Å². The fourth-order valence-corrected chi connectivity index (χ4v) is 1.04. The van der Waals surface area contributed by atoms with Gasteiger partial charge in [-0.2, -0.15) is 5.26 Å². The lowest BCUT2D eigenvalue weighted by Crippen LogP contribution is -2.34. The van der Waals surface area contributed by atoms with Crippen LogP contribution in [0, 0.1) is 11.3 Å². The molecule has 78 valence electrons. The molecule has 1 aromatic rings. The Morgan fingerprint density at radius 1 is 1.67 bits per heavy atom. The topological polar surface area (TPSA) is 69.9 Å². The summed E-state index contributed by atoms with van der Waals surface area (Å²) in [6.45, 7) is 1.62. The molecule has 1 aromatic heterocycles. The van der Waals surface area contributed by atoms with Crippen LogP contribution in [0.25, 0.3) is 0 Å². The second kappa shape index (κ2) is 4.71. The quantitative estimate of drug-likeness (QED) is 0.755. The summed E-state index contributed by atoms with van der Waals surface area (Å²) >= 11 is 5.60. The Balaban J connectivity index is 2.91. The Morgan fingerprint density at radius 3 is 2.87 bits per heavy atom. The summed E-state index contributed by atoms with van der Waals surface area (Å²) in [5.41, 5.74) is 0.132. The molecule has 0 N–H and O–H groups in total. The van der Waals surface area contributed by atoms with Gasteiger partial charge < -0.3 is 4.90 Å². The summed E-state index contributed by atoms with van der Waals surface area (Å²) in [4.78, 5) is 20.6. The van der Waals surface area contributed by atoms with Gasteiger partial charge in [-0.15, -0.1) is 0 Å². The molecule has 0 fully saturated rings. The highest BCUT2D eigenvalue weighted by molar-refractivity contribution is 6.29. The van der Waals surface area contributed by atoms with Crippen LogP contribution in [-0.2, 0) is 0 Å². The second-order valence-corrected chi connectivity index (χ2v) is 3.34. The lowest BCUT2D eigenvalue weighted by Gasteiger charge is -2.18. The Hall–Kier alpha value is -1.67. The third kappa shape index (κ3) is 2.64. The molecule has 1 unspecified atom stereocenters. The van der Waals surface area contributed by atoms with E-state index in [2.05, 4.69) is 9.97 Å². The molecule has 15 heavy (non-hydrogen) atoms. The number of amides is 1. The monoisotopic (exact) mass is 224 g/mol. The lowest BCUT2D eigenvalue weighted by atomic mass is 10.3. The molecule has 0 aliphatic heterocycles. The van der Waals surface area contributed by atoms with Crippen molar-refractivity contribution in [2.75, 3.05) is 7.05 Å². The smallest absolute Gasteiger partial charge is 0.274 e. The SMILES string of the molecule is CC(C#N)N(C)C(=O)c1cncc(Cl)n1. The first-order valence-corrected chi connectivity index (χ1v) is 4.58. The first-order valence-electron chi connectivity index (χ1n) is 4.20. The van der Waals surface area contributed by atoms with Gasteiger partial charge in [0, 0.05) is 7.05 Å². The van der Waals surface area contributed by atoms with Gasteiger partial charge in [0.25, 0.3) is 5.91 Å². The number of hydrogen-bond acceptors (Lipinski definition) is 4. The van der Waals surface area contributed by atoms with Gasteiger partial charge in [-0.3, -0.25) is 9.78 Å². The third-order valence-electron chi connectivity index (χ3n) is 1.91. The van der Waals surface area contributed by atoms with E-state index in [9.17, 15) is 4.79 Å². The zero-order valence-corrected chi connectivity index (χ0v) is 9.06. The first kappa shape index (κ1) is 11.4. The van der Waals surface area contributed by atoms with Crippen molar-refractivity contribution >= 4 is 17.5 Å². The summed E-state index contributed by atoms with van der Waals surface area (Å²) < 4.78 is 0. The Kier molecular flexibility index (Phi) is 3.58. The van der Waals surface area contributed by atoms with Crippen LogP contribution >= 0.6 is 11.6 Å². The Labute approximate surface area is 92.3 Å². The van der Waals surface area contributed by atoms with Gasteiger partial charge in [0.2, 0.25) is 0 Å². The highest BCUT2D eigenvalue weighted by atomic mass is 35.5. The van der Waals surface area contributed by atoms with Crippen LogP contribution in [0.4, 0.5) is 0 Å². The molecule has 0 aliphatic rings. The first-order chi connectivity index (χ1) is 7.06. The molecular weight excluding hydrogens is 216 g/mol. The van der Waals surface area contributed by atoms with Crippen LogP contribution in [0.3, 0.4) is 0 Å². The molecule has 5 nitrogen and oxygen atoms in total. The standard InChI is InChI=1S/C9H9ClN4O/c1-6(3-11)14(2)9(15)7-4-12-5-8(10)13-7/h4-6H,1-2H3. The zero-order chi connectivity index (χ0) is 11.4. The Bertz CT molecular complexity index is 415. The van der Waals surface area contributed by atoms with E-state index in [0.717, 1.165) is 0 Å². The van der Waals surface area contributed by atoms with Crippen LogP contribution in [0.2, 0.25) is 5.15 Å². The molecule has 0 radical (unpaired) electrons. The third-order valence-corrected chi connectivity index (χ3v) is 2.09. The van der Waals surface area contributed by atoms with Crippen molar-refractivity contribution < 1.29 is 4.79 Å². The molecule has 1 rings (SSSR count). The predicted molar refractivity (Wildman–Crippen MR) is 54.2 cm³/mol. The van der Waals surface area contributed by atoms with Gasteiger partial charge >= 0.3 is 0 Å². The van der Waals surface area contributed by atoms with Crippen LogP contribution in [-0.4, -0.2) is 33.9 Å². The number of nitriles is 1. The number of carbonyl (C=O) groups excluding carboxylic acids is 1. The minimum Gasteiger partial charge on any atom is -0.325 e. The van der Waals surface area contributed by atoms with Crippen LogP contribution in [0.1, 0.15) is 17.4 Å². The summed E-state index contributed by atoms with van der Waals surface area (Å²) in [5.74, 6) is -0.376. The number of aromatic nitrogens is 2. The van der Waals surface area contributed by atoms with E-state index in [0.29, 0.717) is 0 Å². The van der Waals surface area contributed by atoms with Gasteiger partial charge in [-0.1, -0.05) is 11.6 Å². The average molecular weight is 225 g/mol. The van der Waals surface area contributed by atoms with E-state index >= 15 is 0 Å². The van der Waals surface area contributed by atoms with Gasteiger partial charge in [0.15, 0.2) is 0 Å². The van der Waals surface area contributed by atoms with E-state index in [4.69, 9.17) is 16.9 Å². The minimum atomic E-state index is -0.515. The number of rotatable bonds is 2. The summed E-state index contributed by atoms with van der Waals surface area (Å²) in [5, 5.41) is 8.80. The summed E-state index contributed by atoms with van der Waals surface area (Å²) in [6.07, 6.45) is 2.65. The second-order valence-electron chi connectivity index (χ2n) is 2.95. The highest BCUT2D eigenvalue weighted by Gasteiger charge is 2.18. The van der Waals surface area contributed by atoms with E-state index < -0.39 is 6.04 Å². The normalized spacial score (nSPS) is 11.6. The van der Waals surface area contributed by atoms with Crippen molar-refractivity contribution in [3.8, 4) is 6.07 Å². The molecule has 0 saturated heterocycles. The number of hydrogen-bond donors (Lipinski definition) is 0. The van der Waals surface area contributed by atoms with Crippen molar-refractivity contribution in [3.63, 3.8) is 0 Å². The van der Waals surface area contributed by atoms with Gasteiger partial charge in [-0.25, -0.2) is 4.98 Å². The van der Waals surface area contributed by atoms with E-state index in [1.54, 1.807) is 6.92 Å². The number of nitrogens with zero attached hydrogens (tertiary/aromatic N) is 4. The van der Waals surface area contributed by atoms with Crippen molar-refractivity contribution in [2.45, 2.75) is 13.0 Å².